The van der Waals surface area contributed by atoms with Crippen LogP contribution in [0.4, 0.5) is 0 Å². The van der Waals surface area contributed by atoms with Crippen molar-refractivity contribution in [2.45, 2.75) is 73.1 Å². The second-order valence-electron chi connectivity index (χ2n) is 12.8. The van der Waals surface area contributed by atoms with Crippen LogP contribution in [-0.2, 0) is 34.1 Å². The van der Waals surface area contributed by atoms with Gasteiger partial charge >= 0.3 is 262 Å². The number of unbranched alkanes of at least 4 members (excludes halogenated alkanes) is 1. The van der Waals surface area contributed by atoms with Crippen LogP contribution >= 0.6 is 0 Å². The van der Waals surface area contributed by atoms with Gasteiger partial charge in [-0.05, 0) is 0 Å². The van der Waals surface area contributed by atoms with E-state index >= 15 is 0 Å². The Morgan fingerprint density at radius 1 is 0.810 bits per heavy atom. The molecule has 0 saturated heterocycles. The van der Waals surface area contributed by atoms with E-state index in [0.29, 0.717) is 0 Å². The normalized spacial score (nSPS) is 18.8. The molecule has 3 aromatic carbocycles. The summed E-state index contributed by atoms with van der Waals surface area (Å²) in [5, 5.41) is 2.86. The van der Waals surface area contributed by atoms with Crippen molar-refractivity contribution < 1.29 is 21.3 Å². The van der Waals surface area contributed by atoms with Crippen LogP contribution < -0.4 is 10.4 Å². The molecule has 3 aliphatic rings. The maximum atomic E-state index is 2.60. The van der Waals surface area contributed by atoms with Crippen molar-refractivity contribution >= 4 is 14.9 Å². The molecule has 1 atom stereocenters. The van der Waals surface area contributed by atoms with Gasteiger partial charge in [-0.3, -0.25) is 0 Å². The molecule has 212 valence electrons. The Kier molecular flexibility index (Phi) is 8.61. The van der Waals surface area contributed by atoms with Crippen LogP contribution in [0.3, 0.4) is 0 Å². The van der Waals surface area contributed by atoms with Gasteiger partial charge in [0.15, 0.2) is 0 Å². The predicted octanol–water partition coefficient (Wildman–Crippen LogP) is 8.78. The van der Waals surface area contributed by atoms with E-state index in [2.05, 4.69) is 138 Å². The van der Waals surface area contributed by atoms with Crippen molar-refractivity contribution in [3.05, 3.63) is 147 Å². The fourth-order valence-corrected chi connectivity index (χ4v) is 16.6. The zero-order valence-corrected chi connectivity index (χ0v) is 28.5. The van der Waals surface area contributed by atoms with E-state index in [0.717, 1.165) is 19.3 Å². The molecule has 0 radical (unpaired) electrons. The van der Waals surface area contributed by atoms with Gasteiger partial charge in [0, 0.05) is 0 Å². The Balaban J connectivity index is 1.70. The minimum atomic E-state index is -2.60. The standard InChI is InChI=1S/C21H25.C15H14.C5H5.Zr/c1-6-7-8-21(5)13-18-12-17-9-14(2)15(3)10-19(17)20(18)11-16(21)4;1-3-8-14(9-4-1)12-7-13-15-10-5-2-6-11-15;1-2-4-5-3-1;/h9-12H,6-8H2,1-5H3;1-6,8-11H,12-13H2;1-3H,4H2;. The molecule has 6 rings (SSSR count). The van der Waals surface area contributed by atoms with Crippen LogP contribution in [0, 0.1) is 19.3 Å². The van der Waals surface area contributed by atoms with Crippen molar-refractivity contribution in [2.24, 2.45) is 5.41 Å². The average molecular weight is 628 g/mol. The first kappa shape index (κ1) is 29.2. The Labute approximate surface area is 260 Å². The fraction of sp³-hybridized carbons (Fsp3) is 0.293. The molecule has 0 N–H and O–H groups in total. The predicted molar refractivity (Wildman–Crippen MR) is 179 cm³/mol. The van der Waals surface area contributed by atoms with E-state index in [1.807, 2.05) is 3.28 Å². The Morgan fingerprint density at radius 2 is 1.45 bits per heavy atom. The van der Waals surface area contributed by atoms with Crippen molar-refractivity contribution in [2.75, 3.05) is 0 Å². The van der Waals surface area contributed by atoms with Crippen molar-refractivity contribution in [3.8, 4) is 0 Å². The summed E-state index contributed by atoms with van der Waals surface area (Å²) >= 11 is -2.60. The summed E-state index contributed by atoms with van der Waals surface area (Å²) in [5.74, 6) is 0. The number of allylic oxidation sites excluding steroid dienone is 8. The maximum absolute atomic E-state index is 2.60. The third-order valence-electron chi connectivity index (χ3n) is 9.85. The molecule has 0 aliphatic heterocycles. The average Bonchev–Trinajstić information content (AvgIpc) is 3.64. The van der Waals surface area contributed by atoms with Crippen molar-refractivity contribution in [1.82, 2.24) is 0 Å². The van der Waals surface area contributed by atoms with Gasteiger partial charge in [-0.2, -0.15) is 0 Å². The fourth-order valence-electron chi connectivity index (χ4n) is 7.19. The van der Waals surface area contributed by atoms with Gasteiger partial charge in [0.1, 0.15) is 0 Å². The Hall–Kier alpha value is -2.89. The summed E-state index contributed by atoms with van der Waals surface area (Å²) in [6.45, 7) is 11.9. The van der Waals surface area contributed by atoms with E-state index in [4.69, 9.17) is 0 Å². The van der Waals surface area contributed by atoms with Gasteiger partial charge in [0.25, 0.3) is 0 Å². The molecule has 0 fully saturated rings. The van der Waals surface area contributed by atoms with E-state index < -0.39 is 21.3 Å². The van der Waals surface area contributed by atoms with Gasteiger partial charge in [-0.1, -0.05) is 0 Å². The second-order valence-corrected chi connectivity index (χ2v) is 19.2. The number of hydrogen-bond donors (Lipinski definition) is 0. The zero-order chi connectivity index (χ0) is 29.3. The number of benzene rings is 3. The summed E-state index contributed by atoms with van der Waals surface area (Å²) in [6.07, 6.45) is 19.4. The molecular formula is C41H44Zr. The number of fused-ring (bicyclic) bond motifs is 2. The molecule has 0 bridgehead atoms. The van der Waals surface area contributed by atoms with Crippen molar-refractivity contribution in [1.29, 1.82) is 0 Å². The SMILES string of the molecule is CCCCC1(C)C(C)=CC2=c3cc(C)c(C)cc3=CC2=[C]1[Zr]([C]1=CC=CC1)=[C](Cc1ccccc1)Cc1ccccc1. The summed E-state index contributed by atoms with van der Waals surface area (Å²) in [6, 6.07) is 27.4. The number of rotatable bonds is 9. The molecule has 42 heavy (non-hydrogen) atoms. The third kappa shape index (κ3) is 5.58. The number of aryl methyl sites for hydroxylation is 2. The van der Waals surface area contributed by atoms with Crippen LogP contribution in [0.2, 0.25) is 0 Å². The topological polar surface area (TPSA) is 0 Å². The van der Waals surface area contributed by atoms with Gasteiger partial charge in [-0.15, -0.1) is 0 Å². The molecule has 1 heteroatoms. The van der Waals surface area contributed by atoms with Crippen LogP contribution in [0.5, 0.6) is 0 Å². The molecule has 1 unspecified atom stereocenters. The summed E-state index contributed by atoms with van der Waals surface area (Å²) in [7, 11) is 0. The summed E-state index contributed by atoms with van der Waals surface area (Å²) in [5.41, 5.74) is 10.4. The first-order valence-corrected chi connectivity index (χ1v) is 19.5. The zero-order valence-electron chi connectivity index (χ0n) is 26.1. The van der Waals surface area contributed by atoms with Gasteiger partial charge in [0.2, 0.25) is 0 Å². The van der Waals surface area contributed by atoms with Gasteiger partial charge < -0.3 is 0 Å². The molecule has 0 nitrogen and oxygen atoms in total. The monoisotopic (exact) mass is 626 g/mol. The Morgan fingerprint density at radius 3 is 2.05 bits per heavy atom. The molecule has 0 heterocycles. The second kappa shape index (κ2) is 12.4. The molecule has 3 aromatic rings. The van der Waals surface area contributed by atoms with E-state index in [1.165, 1.54) is 57.5 Å². The molecule has 3 aliphatic carbocycles. The first-order valence-electron chi connectivity index (χ1n) is 15.8. The summed E-state index contributed by atoms with van der Waals surface area (Å²) in [4.78, 5) is 0. The van der Waals surface area contributed by atoms with Crippen molar-refractivity contribution in [3.63, 3.8) is 0 Å². The number of hydrogen-bond acceptors (Lipinski definition) is 0. The van der Waals surface area contributed by atoms with Crippen LogP contribution in [0.1, 0.15) is 68.7 Å². The third-order valence-corrected chi connectivity index (χ3v) is 18.2. The molecular weight excluding hydrogens is 584 g/mol. The molecule has 0 aromatic heterocycles. The van der Waals surface area contributed by atoms with E-state index in [9.17, 15) is 0 Å². The summed E-state index contributed by atoms with van der Waals surface area (Å²) < 4.78 is 5.38. The van der Waals surface area contributed by atoms with Crippen LogP contribution in [-0.4, -0.2) is 3.21 Å². The van der Waals surface area contributed by atoms with Crippen LogP contribution in [0.25, 0.3) is 11.6 Å². The quantitative estimate of drug-likeness (QED) is 0.223. The van der Waals surface area contributed by atoms with E-state index in [1.54, 1.807) is 17.6 Å². The Bertz CT molecular complexity index is 1750. The van der Waals surface area contributed by atoms with Gasteiger partial charge in [-0.25, -0.2) is 0 Å². The molecule has 0 spiro atoms. The molecule has 0 amide bonds. The molecule has 0 saturated carbocycles. The van der Waals surface area contributed by atoms with Crippen LogP contribution in [0.15, 0.2) is 115 Å². The van der Waals surface area contributed by atoms with Gasteiger partial charge in [0.05, 0.1) is 0 Å². The van der Waals surface area contributed by atoms with E-state index in [-0.39, 0.29) is 5.41 Å². The first-order chi connectivity index (χ1) is 20.4. The minimum absolute atomic E-state index is 0.0916.